The van der Waals surface area contributed by atoms with E-state index >= 15 is 0 Å². The lowest BCUT2D eigenvalue weighted by atomic mass is 9.94. The zero-order chi connectivity index (χ0) is 25.1. The van der Waals surface area contributed by atoms with Crippen molar-refractivity contribution in [3.05, 3.63) is 126 Å². The maximum atomic E-state index is 9.49. The Morgan fingerprint density at radius 2 is 1.72 bits per heavy atom. The molecule has 1 heterocycles. The van der Waals surface area contributed by atoms with Crippen molar-refractivity contribution in [1.29, 1.82) is 5.26 Å². The summed E-state index contributed by atoms with van der Waals surface area (Å²) < 4.78 is 2.34. The Labute approximate surface area is 211 Å². The monoisotopic (exact) mass is 465 g/mol. The number of hydrogen-bond acceptors (Lipinski definition) is 2. The van der Waals surface area contributed by atoms with Gasteiger partial charge in [0.15, 0.2) is 0 Å². The number of nitrogens with zero attached hydrogens (tertiary/aromatic N) is 2. The third kappa shape index (κ3) is 3.79. The van der Waals surface area contributed by atoms with Gasteiger partial charge in [0.05, 0.1) is 17.1 Å². The van der Waals surface area contributed by atoms with Gasteiger partial charge in [-0.2, -0.15) is 5.26 Å². The lowest BCUT2D eigenvalue weighted by Gasteiger charge is -2.11. The van der Waals surface area contributed by atoms with Crippen molar-refractivity contribution in [2.45, 2.75) is 13.3 Å². The molecule has 0 bridgehead atoms. The Morgan fingerprint density at radius 3 is 2.42 bits per heavy atom. The average molecular weight is 466 g/mol. The minimum atomic E-state index is 0.551. The summed E-state index contributed by atoms with van der Waals surface area (Å²) in [5.41, 5.74) is 12.9. The summed E-state index contributed by atoms with van der Waals surface area (Å²) in [7, 11) is 0. The number of para-hydroxylation sites is 1. The highest BCUT2D eigenvalue weighted by molar-refractivity contribution is 6.24. The van der Waals surface area contributed by atoms with Crippen LogP contribution in [0.3, 0.4) is 0 Å². The van der Waals surface area contributed by atoms with E-state index in [1.807, 2.05) is 25.1 Å². The van der Waals surface area contributed by atoms with E-state index in [4.69, 9.17) is 5.73 Å². The number of benzene rings is 4. The lowest BCUT2D eigenvalue weighted by Crippen LogP contribution is -1.95. The normalized spacial score (nSPS) is 12.3. The average Bonchev–Trinajstić information content (AvgIpc) is 3.25. The quantitative estimate of drug-likeness (QED) is 0.204. The minimum absolute atomic E-state index is 0.551. The van der Waals surface area contributed by atoms with Gasteiger partial charge in [-0.1, -0.05) is 79.4 Å². The summed E-state index contributed by atoms with van der Waals surface area (Å²) in [6.07, 6.45) is 11.8. The van der Waals surface area contributed by atoms with Crippen molar-refractivity contribution >= 4 is 44.7 Å². The summed E-state index contributed by atoms with van der Waals surface area (Å²) >= 11 is 0. The van der Waals surface area contributed by atoms with Crippen LogP contribution in [0.1, 0.15) is 23.6 Å². The molecule has 0 amide bonds. The maximum Gasteiger partial charge on any atom is 0.0988 e. The van der Waals surface area contributed by atoms with Crippen LogP contribution in [0.15, 0.2) is 109 Å². The number of aromatic nitrogens is 1. The molecule has 0 spiro atoms. The van der Waals surface area contributed by atoms with E-state index < -0.39 is 0 Å². The molecule has 0 unspecified atom stereocenters. The van der Waals surface area contributed by atoms with E-state index in [0.717, 1.165) is 33.4 Å². The van der Waals surface area contributed by atoms with Crippen LogP contribution in [0, 0.1) is 11.3 Å². The molecule has 174 valence electrons. The summed E-state index contributed by atoms with van der Waals surface area (Å²) in [6.45, 7) is 6.22. The molecule has 2 N–H and O–H groups in total. The van der Waals surface area contributed by atoms with Gasteiger partial charge in [-0.25, -0.2) is 0 Å². The summed E-state index contributed by atoms with van der Waals surface area (Å²) in [6, 6.07) is 27.8. The lowest BCUT2D eigenvalue weighted by molar-refractivity contribution is 1.17. The van der Waals surface area contributed by atoms with Gasteiger partial charge in [-0.3, -0.25) is 0 Å². The van der Waals surface area contributed by atoms with E-state index in [-0.39, 0.29) is 0 Å². The Morgan fingerprint density at radius 1 is 0.972 bits per heavy atom. The van der Waals surface area contributed by atoms with E-state index in [1.165, 1.54) is 27.7 Å². The van der Waals surface area contributed by atoms with E-state index in [2.05, 4.69) is 96.1 Å². The van der Waals surface area contributed by atoms with Crippen molar-refractivity contribution in [3.8, 4) is 11.8 Å². The van der Waals surface area contributed by atoms with Crippen molar-refractivity contribution in [3.63, 3.8) is 0 Å². The largest absolute Gasteiger partial charge is 0.405 e. The van der Waals surface area contributed by atoms with Crippen LogP contribution in [0.5, 0.6) is 0 Å². The summed E-state index contributed by atoms with van der Waals surface area (Å²) in [5.74, 6) is 0. The van der Waals surface area contributed by atoms with Crippen LogP contribution in [-0.2, 0) is 6.42 Å². The first-order chi connectivity index (χ1) is 17.7. The molecule has 3 nitrogen and oxygen atoms in total. The fourth-order valence-corrected chi connectivity index (χ4v) is 5.12. The van der Waals surface area contributed by atoms with Gasteiger partial charge >= 0.3 is 0 Å². The number of nitrogens with two attached hydrogens (primary N) is 1. The highest BCUT2D eigenvalue weighted by atomic mass is 15.0. The van der Waals surface area contributed by atoms with Gasteiger partial charge in [-0.05, 0) is 77.3 Å². The molecule has 0 saturated heterocycles. The van der Waals surface area contributed by atoms with Gasteiger partial charge in [0, 0.05) is 22.0 Å². The maximum absolute atomic E-state index is 9.49. The van der Waals surface area contributed by atoms with Crippen LogP contribution >= 0.6 is 0 Å². The Bertz CT molecular complexity index is 1740. The summed E-state index contributed by atoms with van der Waals surface area (Å²) in [5, 5.41) is 14.3. The predicted octanol–water partition coefficient (Wildman–Crippen LogP) is 8.08. The Balaban J connectivity index is 1.97. The Kier molecular flexibility index (Phi) is 6.26. The molecule has 3 heteroatoms. The topological polar surface area (TPSA) is 54.7 Å². The second kappa shape index (κ2) is 9.82. The van der Waals surface area contributed by atoms with E-state index in [1.54, 1.807) is 6.08 Å². The van der Waals surface area contributed by atoms with Gasteiger partial charge < -0.3 is 10.3 Å². The fourth-order valence-electron chi connectivity index (χ4n) is 5.12. The van der Waals surface area contributed by atoms with Crippen molar-refractivity contribution in [2.24, 2.45) is 5.73 Å². The first-order valence-electron chi connectivity index (χ1n) is 12.0. The number of hydrogen-bond donors (Lipinski definition) is 1. The first-order valence-corrected chi connectivity index (χ1v) is 12.0. The molecule has 5 rings (SSSR count). The molecule has 0 atom stereocenters. The molecule has 4 aromatic carbocycles. The number of allylic oxidation sites excluding steroid dienone is 4. The van der Waals surface area contributed by atoms with Crippen LogP contribution < -0.4 is 5.73 Å². The number of rotatable bonds is 6. The third-order valence-electron chi connectivity index (χ3n) is 6.61. The second-order valence-corrected chi connectivity index (χ2v) is 8.65. The van der Waals surface area contributed by atoms with Gasteiger partial charge in [0.25, 0.3) is 0 Å². The molecule has 0 aliphatic carbocycles. The standard InChI is InChI=1S/C33H27N3/c1-3-10-24-17-18-30-32(27(24)4-2)33-29-14-9-8-13-28(29)25(16-15-23(22-35)19-20-34)21-31(33)36(30)26-11-6-5-7-12-26/h3-15,17-21H,2,16,34H2,1H3/b10-3-,20-19-,23-15+. The summed E-state index contributed by atoms with van der Waals surface area (Å²) in [4.78, 5) is 0. The molecule has 36 heavy (non-hydrogen) atoms. The molecule has 0 aliphatic rings. The van der Waals surface area contributed by atoms with Crippen molar-refractivity contribution in [1.82, 2.24) is 4.57 Å². The predicted molar refractivity (Wildman–Crippen MR) is 154 cm³/mol. The third-order valence-corrected chi connectivity index (χ3v) is 6.61. The molecule has 0 fully saturated rings. The molecule has 5 aromatic rings. The zero-order valence-electron chi connectivity index (χ0n) is 20.3. The minimum Gasteiger partial charge on any atom is -0.405 e. The molecular formula is C33H27N3. The van der Waals surface area contributed by atoms with Crippen LogP contribution in [0.4, 0.5) is 0 Å². The van der Waals surface area contributed by atoms with E-state index in [9.17, 15) is 5.26 Å². The van der Waals surface area contributed by atoms with E-state index in [0.29, 0.717) is 12.0 Å². The van der Waals surface area contributed by atoms with Crippen LogP contribution in [-0.4, -0.2) is 4.57 Å². The van der Waals surface area contributed by atoms with Crippen molar-refractivity contribution in [2.75, 3.05) is 0 Å². The number of fused-ring (bicyclic) bond motifs is 5. The highest BCUT2D eigenvalue weighted by Crippen LogP contribution is 2.41. The molecule has 0 radical (unpaired) electrons. The Hall–Kier alpha value is -4.81. The van der Waals surface area contributed by atoms with Gasteiger partial charge in [-0.15, -0.1) is 0 Å². The highest BCUT2D eigenvalue weighted by Gasteiger charge is 2.19. The molecular weight excluding hydrogens is 438 g/mol. The smallest absolute Gasteiger partial charge is 0.0988 e. The fraction of sp³-hybridized carbons (Fsp3) is 0.0606. The van der Waals surface area contributed by atoms with Gasteiger partial charge in [0.2, 0.25) is 0 Å². The first kappa shape index (κ1) is 23.0. The SMILES string of the molecule is C=Cc1c(/C=C\C)ccc2c1c1c3ccccc3c(C/C=C(C#N)\C=C/N)cc1n2-c1ccccc1. The van der Waals surface area contributed by atoms with Crippen molar-refractivity contribution < 1.29 is 0 Å². The number of nitriles is 1. The molecule has 0 aliphatic heterocycles. The van der Waals surface area contributed by atoms with Gasteiger partial charge in [0.1, 0.15) is 0 Å². The second-order valence-electron chi connectivity index (χ2n) is 8.65. The zero-order valence-corrected chi connectivity index (χ0v) is 20.3. The molecule has 0 saturated carbocycles. The van der Waals surface area contributed by atoms with Crippen LogP contribution in [0.2, 0.25) is 0 Å². The van der Waals surface area contributed by atoms with Crippen LogP contribution in [0.25, 0.3) is 50.4 Å². The molecule has 1 aromatic heterocycles.